The van der Waals surface area contributed by atoms with Gasteiger partial charge in [0.05, 0.1) is 12.7 Å². The smallest absolute Gasteiger partial charge is 0.250 e. The summed E-state index contributed by atoms with van der Waals surface area (Å²) in [5.41, 5.74) is 9.91. The second kappa shape index (κ2) is 4.62. The lowest BCUT2D eigenvalue weighted by Crippen LogP contribution is -2.23. The van der Waals surface area contributed by atoms with Crippen molar-refractivity contribution in [3.63, 3.8) is 0 Å². The lowest BCUT2D eigenvalue weighted by atomic mass is 10.4. The first-order chi connectivity index (χ1) is 4.16. The van der Waals surface area contributed by atoms with Gasteiger partial charge in [-0.15, -0.1) is 0 Å². The SMILES string of the molecule is N#CC(N)COP(N)O. The highest BCUT2D eigenvalue weighted by Crippen LogP contribution is 2.18. The van der Waals surface area contributed by atoms with Crippen molar-refractivity contribution < 1.29 is 9.42 Å². The summed E-state index contributed by atoms with van der Waals surface area (Å²) in [7, 11) is -1.87. The Morgan fingerprint density at radius 1 is 1.89 bits per heavy atom. The van der Waals surface area contributed by atoms with Gasteiger partial charge in [0.15, 0.2) is 0 Å². The van der Waals surface area contributed by atoms with Crippen LogP contribution in [0.2, 0.25) is 0 Å². The van der Waals surface area contributed by atoms with Gasteiger partial charge >= 0.3 is 0 Å². The van der Waals surface area contributed by atoms with E-state index in [0.29, 0.717) is 0 Å². The maximum absolute atomic E-state index is 8.35. The minimum atomic E-state index is -1.87. The Bertz CT molecular complexity index is 112. The van der Waals surface area contributed by atoms with Crippen molar-refractivity contribution in [2.45, 2.75) is 6.04 Å². The molecule has 0 heterocycles. The van der Waals surface area contributed by atoms with Crippen LogP contribution in [0.25, 0.3) is 0 Å². The lowest BCUT2D eigenvalue weighted by molar-refractivity contribution is 0.302. The summed E-state index contributed by atoms with van der Waals surface area (Å²) in [6.45, 7) is -0.0186. The van der Waals surface area contributed by atoms with Gasteiger partial charge in [-0.1, -0.05) is 0 Å². The maximum atomic E-state index is 8.35. The highest BCUT2D eigenvalue weighted by molar-refractivity contribution is 7.43. The number of hydrogen-bond donors (Lipinski definition) is 3. The highest BCUT2D eigenvalue weighted by Gasteiger charge is 2.02. The van der Waals surface area contributed by atoms with Crippen molar-refractivity contribution in [2.24, 2.45) is 11.2 Å². The van der Waals surface area contributed by atoms with Crippen molar-refractivity contribution in [1.82, 2.24) is 0 Å². The van der Waals surface area contributed by atoms with Crippen LogP contribution in [-0.4, -0.2) is 17.5 Å². The Balaban J connectivity index is 3.19. The fourth-order valence-corrected chi connectivity index (χ4v) is 0.507. The molecule has 0 rings (SSSR count). The molecular weight excluding hydrogens is 141 g/mol. The van der Waals surface area contributed by atoms with Crippen LogP contribution in [0.15, 0.2) is 0 Å². The fraction of sp³-hybridized carbons (Fsp3) is 0.667. The van der Waals surface area contributed by atoms with Gasteiger partial charge in [-0.3, -0.25) is 5.50 Å². The highest BCUT2D eigenvalue weighted by atomic mass is 31.2. The largest absolute Gasteiger partial charge is 0.338 e. The first-order valence-electron chi connectivity index (χ1n) is 2.18. The second-order valence-corrected chi connectivity index (χ2v) is 2.20. The zero-order chi connectivity index (χ0) is 7.28. The van der Waals surface area contributed by atoms with E-state index in [9.17, 15) is 0 Å². The molecule has 0 fully saturated rings. The molecule has 0 aromatic rings. The van der Waals surface area contributed by atoms with Gasteiger partial charge < -0.3 is 15.2 Å². The molecule has 2 unspecified atom stereocenters. The monoisotopic (exact) mass is 149 g/mol. The Morgan fingerprint density at radius 2 is 2.44 bits per heavy atom. The minimum Gasteiger partial charge on any atom is -0.338 e. The van der Waals surface area contributed by atoms with Crippen LogP contribution >= 0.6 is 8.53 Å². The predicted molar refractivity (Wildman–Crippen MR) is 32.9 cm³/mol. The maximum Gasteiger partial charge on any atom is 0.250 e. The van der Waals surface area contributed by atoms with E-state index in [2.05, 4.69) is 4.52 Å². The molecule has 0 spiro atoms. The first-order valence-corrected chi connectivity index (χ1v) is 3.46. The van der Waals surface area contributed by atoms with E-state index >= 15 is 0 Å². The molecule has 0 aromatic carbocycles. The Kier molecular flexibility index (Phi) is 4.50. The van der Waals surface area contributed by atoms with Crippen LogP contribution in [-0.2, 0) is 4.52 Å². The molecular formula is C3H8N3O2P. The first kappa shape index (κ1) is 8.76. The standard InChI is InChI=1S/C3H8N3O2P/c4-1-3(5)2-8-9(6)7/h3,7H,2,5-6H2. The predicted octanol–water partition coefficient (Wildman–Crippen LogP) is -0.968. The molecule has 6 heteroatoms. The molecule has 9 heavy (non-hydrogen) atoms. The normalized spacial score (nSPS) is 16.2. The van der Waals surface area contributed by atoms with E-state index in [1.54, 1.807) is 6.07 Å². The molecule has 5 N–H and O–H groups in total. The molecule has 0 radical (unpaired) electrons. The van der Waals surface area contributed by atoms with Gasteiger partial charge in [0.1, 0.15) is 6.04 Å². The van der Waals surface area contributed by atoms with E-state index in [0.717, 1.165) is 0 Å². The molecule has 2 atom stereocenters. The number of nitrogens with zero attached hydrogens (tertiary/aromatic N) is 1. The molecule has 5 nitrogen and oxygen atoms in total. The summed E-state index contributed by atoms with van der Waals surface area (Å²) in [5.74, 6) is 0. The molecule has 0 aliphatic carbocycles. The van der Waals surface area contributed by atoms with Crippen molar-refractivity contribution in [1.29, 1.82) is 5.26 Å². The van der Waals surface area contributed by atoms with Crippen molar-refractivity contribution in [3.05, 3.63) is 0 Å². The molecule has 0 amide bonds. The van der Waals surface area contributed by atoms with Gasteiger partial charge in [0, 0.05) is 0 Å². The average Bonchev–Trinajstić information content (AvgIpc) is 1.83. The average molecular weight is 149 g/mol. The summed E-state index contributed by atoms with van der Waals surface area (Å²) >= 11 is 0. The van der Waals surface area contributed by atoms with E-state index in [1.165, 1.54) is 0 Å². The molecule has 0 aliphatic rings. The molecule has 0 saturated carbocycles. The lowest BCUT2D eigenvalue weighted by Gasteiger charge is -2.04. The summed E-state index contributed by atoms with van der Waals surface area (Å²) < 4.78 is 4.45. The molecule has 0 aromatic heterocycles. The minimum absolute atomic E-state index is 0.0186. The Morgan fingerprint density at radius 3 is 2.78 bits per heavy atom. The van der Waals surface area contributed by atoms with E-state index in [4.69, 9.17) is 21.4 Å². The number of nitrogens with two attached hydrogens (primary N) is 2. The summed E-state index contributed by atoms with van der Waals surface area (Å²) in [5, 5.41) is 8.08. The molecule has 52 valence electrons. The Hall–Kier alpha value is -0.240. The second-order valence-electron chi connectivity index (χ2n) is 1.33. The van der Waals surface area contributed by atoms with E-state index in [1.807, 2.05) is 0 Å². The quantitative estimate of drug-likeness (QED) is 0.448. The van der Waals surface area contributed by atoms with Crippen LogP contribution in [0, 0.1) is 11.3 Å². The van der Waals surface area contributed by atoms with Crippen LogP contribution in [0.3, 0.4) is 0 Å². The van der Waals surface area contributed by atoms with Crippen LogP contribution < -0.4 is 11.2 Å². The van der Waals surface area contributed by atoms with E-state index in [-0.39, 0.29) is 6.61 Å². The molecule has 0 saturated heterocycles. The fourth-order valence-electron chi connectivity index (χ4n) is 0.194. The van der Waals surface area contributed by atoms with Gasteiger partial charge in [-0.25, -0.2) is 0 Å². The van der Waals surface area contributed by atoms with Crippen molar-refractivity contribution >= 4 is 8.53 Å². The summed E-state index contributed by atoms with van der Waals surface area (Å²) in [6, 6.07) is 1.01. The summed E-state index contributed by atoms with van der Waals surface area (Å²) in [6.07, 6.45) is 0. The van der Waals surface area contributed by atoms with Gasteiger partial charge in [0.2, 0.25) is 8.53 Å². The number of rotatable bonds is 3. The number of hydrogen-bond acceptors (Lipinski definition) is 5. The van der Waals surface area contributed by atoms with Gasteiger partial charge in [0.25, 0.3) is 0 Å². The van der Waals surface area contributed by atoms with Crippen molar-refractivity contribution in [3.8, 4) is 6.07 Å². The van der Waals surface area contributed by atoms with Gasteiger partial charge in [-0.05, 0) is 0 Å². The third-order valence-corrected chi connectivity index (χ3v) is 0.966. The van der Waals surface area contributed by atoms with Crippen LogP contribution in [0.4, 0.5) is 0 Å². The van der Waals surface area contributed by atoms with Crippen LogP contribution in [0.1, 0.15) is 0 Å². The molecule has 0 bridgehead atoms. The number of nitriles is 1. The van der Waals surface area contributed by atoms with Crippen LogP contribution in [0.5, 0.6) is 0 Å². The summed E-state index contributed by atoms with van der Waals surface area (Å²) in [4.78, 5) is 8.35. The molecule has 0 aliphatic heterocycles. The van der Waals surface area contributed by atoms with E-state index < -0.39 is 14.6 Å². The zero-order valence-electron chi connectivity index (χ0n) is 4.69. The zero-order valence-corrected chi connectivity index (χ0v) is 5.58. The third kappa shape index (κ3) is 5.63. The Labute approximate surface area is 54.2 Å². The van der Waals surface area contributed by atoms with Crippen molar-refractivity contribution in [2.75, 3.05) is 6.61 Å². The third-order valence-electron chi connectivity index (χ3n) is 0.552. The topological polar surface area (TPSA) is 105 Å². The van der Waals surface area contributed by atoms with Gasteiger partial charge in [-0.2, -0.15) is 5.26 Å².